The van der Waals surface area contributed by atoms with Gasteiger partial charge >= 0.3 is 6.03 Å². The molecule has 0 bridgehead atoms. The minimum Gasteiger partial charge on any atom is -0.323 e. The molecular formula is C22H30N2O3. The predicted molar refractivity (Wildman–Crippen MR) is 105 cm³/mol. The molecule has 3 rings (SSSR count). The first-order valence-electron chi connectivity index (χ1n) is 9.69. The van der Waals surface area contributed by atoms with Crippen molar-refractivity contribution >= 4 is 17.7 Å². The fourth-order valence-corrected chi connectivity index (χ4v) is 5.49. The van der Waals surface area contributed by atoms with Gasteiger partial charge < -0.3 is 5.32 Å². The molecule has 2 aliphatic rings. The summed E-state index contributed by atoms with van der Waals surface area (Å²) in [5.41, 5.74) is 2.58. The molecule has 1 aliphatic heterocycles. The van der Waals surface area contributed by atoms with E-state index < -0.39 is 11.6 Å². The number of hydrogen-bond donors (Lipinski definition) is 1. The molecule has 0 radical (unpaired) electrons. The maximum absolute atomic E-state index is 13.2. The summed E-state index contributed by atoms with van der Waals surface area (Å²) in [5, 5.41) is 2.94. The fourth-order valence-electron chi connectivity index (χ4n) is 5.49. The first-order chi connectivity index (χ1) is 12.4. The number of nitrogens with zero attached hydrogens (tertiary/aromatic N) is 1. The first-order valence-corrected chi connectivity index (χ1v) is 9.69. The predicted octanol–water partition coefficient (Wildman–Crippen LogP) is 3.93. The van der Waals surface area contributed by atoms with E-state index >= 15 is 0 Å². The van der Waals surface area contributed by atoms with Crippen molar-refractivity contribution in [2.45, 2.75) is 66.3 Å². The zero-order chi connectivity index (χ0) is 20.1. The van der Waals surface area contributed by atoms with Gasteiger partial charge in [-0.25, -0.2) is 4.79 Å². The van der Waals surface area contributed by atoms with Crippen LogP contribution in [-0.4, -0.2) is 34.7 Å². The van der Waals surface area contributed by atoms with E-state index in [9.17, 15) is 14.4 Å². The van der Waals surface area contributed by atoms with E-state index in [0.29, 0.717) is 24.3 Å². The van der Waals surface area contributed by atoms with Crippen LogP contribution in [0.5, 0.6) is 0 Å². The molecule has 3 amide bonds. The van der Waals surface area contributed by atoms with Crippen LogP contribution in [0.25, 0.3) is 0 Å². The monoisotopic (exact) mass is 370 g/mol. The highest BCUT2D eigenvalue weighted by atomic mass is 16.2. The Morgan fingerprint density at radius 2 is 1.74 bits per heavy atom. The normalized spacial score (nSPS) is 27.2. The lowest BCUT2D eigenvalue weighted by Gasteiger charge is -2.43. The average molecular weight is 370 g/mol. The number of imide groups is 1. The molecule has 1 saturated heterocycles. The molecular weight excluding hydrogens is 340 g/mol. The van der Waals surface area contributed by atoms with Crippen LogP contribution in [0.1, 0.15) is 67.1 Å². The van der Waals surface area contributed by atoms with Gasteiger partial charge in [-0.05, 0) is 62.5 Å². The van der Waals surface area contributed by atoms with Crippen LogP contribution < -0.4 is 5.32 Å². The van der Waals surface area contributed by atoms with Gasteiger partial charge in [0.05, 0.1) is 6.54 Å². The van der Waals surface area contributed by atoms with Crippen molar-refractivity contribution in [3.63, 3.8) is 0 Å². The molecule has 1 heterocycles. The van der Waals surface area contributed by atoms with Crippen molar-refractivity contribution in [3.05, 3.63) is 34.4 Å². The Bertz CT molecular complexity index is 804. The van der Waals surface area contributed by atoms with E-state index in [2.05, 4.69) is 26.1 Å². The second kappa shape index (κ2) is 6.47. The van der Waals surface area contributed by atoms with E-state index in [1.54, 1.807) is 0 Å². The van der Waals surface area contributed by atoms with Crippen LogP contribution in [-0.2, 0) is 4.79 Å². The maximum atomic E-state index is 13.2. The van der Waals surface area contributed by atoms with Crippen LogP contribution in [0.4, 0.5) is 4.79 Å². The van der Waals surface area contributed by atoms with E-state index in [4.69, 9.17) is 0 Å². The van der Waals surface area contributed by atoms with Gasteiger partial charge in [-0.15, -0.1) is 0 Å². The van der Waals surface area contributed by atoms with E-state index in [-0.39, 0.29) is 23.7 Å². The molecule has 1 spiro atoms. The number of rotatable bonds is 3. The Morgan fingerprint density at radius 1 is 1.15 bits per heavy atom. The largest absolute Gasteiger partial charge is 0.325 e. The summed E-state index contributed by atoms with van der Waals surface area (Å²) in [6.07, 6.45) is 2.27. The summed E-state index contributed by atoms with van der Waals surface area (Å²) in [6, 6.07) is 3.47. The molecule has 1 N–H and O–H groups in total. The van der Waals surface area contributed by atoms with Crippen molar-refractivity contribution in [2.75, 3.05) is 6.54 Å². The molecule has 0 aromatic heterocycles. The molecule has 5 nitrogen and oxygen atoms in total. The number of ketones is 1. The second-order valence-corrected chi connectivity index (χ2v) is 9.45. The lowest BCUT2D eigenvalue weighted by Crippen LogP contribution is -2.54. The maximum Gasteiger partial charge on any atom is 0.325 e. The zero-order valence-corrected chi connectivity index (χ0v) is 17.2. The van der Waals surface area contributed by atoms with Crippen molar-refractivity contribution < 1.29 is 14.4 Å². The number of urea groups is 1. The number of aryl methyl sites for hydroxylation is 3. The highest BCUT2D eigenvalue weighted by molar-refractivity contribution is 6.11. The summed E-state index contributed by atoms with van der Waals surface area (Å²) in [7, 11) is 0. The smallest absolute Gasteiger partial charge is 0.323 e. The van der Waals surface area contributed by atoms with Crippen LogP contribution in [0.15, 0.2) is 12.1 Å². The molecule has 1 aliphatic carbocycles. The van der Waals surface area contributed by atoms with Gasteiger partial charge in [0.1, 0.15) is 5.54 Å². The van der Waals surface area contributed by atoms with Gasteiger partial charge in [-0.1, -0.05) is 38.5 Å². The third-order valence-corrected chi connectivity index (χ3v) is 5.88. The van der Waals surface area contributed by atoms with Crippen LogP contribution >= 0.6 is 0 Å². The van der Waals surface area contributed by atoms with Crippen LogP contribution in [0.2, 0.25) is 0 Å². The van der Waals surface area contributed by atoms with Crippen molar-refractivity contribution in [1.82, 2.24) is 10.2 Å². The van der Waals surface area contributed by atoms with Gasteiger partial charge in [0.25, 0.3) is 5.91 Å². The Hall–Kier alpha value is -2.17. The Labute approximate surface area is 161 Å². The summed E-state index contributed by atoms with van der Waals surface area (Å²) < 4.78 is 0. The average Bonchev–Trinajstić information content (AvgIpc) is 2.67. The Morgan fingerprint density at radius 3 is 2.30 bits per heavy atom. The van der Waals surface area contributed by atoms with E-state index in [1.807, 2.05) is 32.9 Å². The number of hydrogen-bond acceptors (Lipinski definition) is 3. The number of carbonyl (C=O) groups excluding carboxylic acids is 3. The molecule has 5 heteroatoms. The van der Waals surface area contributed by atoms with Gasteiger partial charge in [0, 0.05) is 5.56 Å². The second-order valence-electron chi connectivity index (χ2n) is 9.45. The number of amides is 3. The van der Waals surface area contributed by atoms with Crippen molar-refractivity contribution in [1.29, 1.82) is 0 Å². The lowest BCUT2D eigenvalue weighted by atomic mass is 9.64. The molecule has 1 saturated carbocycles. The van der Waals surface area contributed by atoms with Gasteiger partial charge in [0.2, 0.25) is 0 Å². The topological polar surface area (TPSA) is 66.5 Å². The minimum absolute atomic E-state index is 0.0231. The number of benzene rings is 1. The molecule has 2 fully saturated rings. The van der Waals surface area contributed by atoms with Crippen LogP contribution in [0, 0.1) is 32.1 Å². The third-order valence-electron chi connectivity index (χ3n) is 5.88. The Balaban J connectivity index is 1.86. The Kier molecular flexibility index (Phi) is 4.69. The highest BCUT2D eigenvalue weighted by Crippen LogP contribution is 2.46. The zero-order valence-electron chi connectivity index (χ0n) is 17.2. The van der Waals surface area contributed by atoms with E-state index in [0.717, 1.165) is 28.0 Å². The number of nitrogens with one attached hydrogen (secondary N) is 1. The third kappa shape index (κ3) is 3.52. The summed E-state index contributed by atoms with van der Waals surface area (Å²) in [5.74, 6) is -0.0909. The molecule has 146 valence electrons. The molecule has 27 heavy (non-hydrogen) atoms. The number of Topliss-reactive ketones (excluding diaryl/α,β-unsaturated/α-hetero) is 1. The fraction of sp³-hybridized carbons (Fsp3) is 0.591. The van der Waals surface area contributed by atoms with Crippen molar-refractivity contribution in [2.24, 2.45) is 11.3 Å². The molecule has 0 unspecified atom stereocenters. The van der Waals surface area contributed by atoms with Gasteiger partial charge in [0.15, 0.2) is 5.78 Å². The first kappa shape index (κ1) is 19.6. The lowest BCUT2D eigenvalue weighted by molar-refractivity contribution is -0.134. The standard InChI is InChI=1S/C22H30N2O3/c1-13-7-15(3)18(16(4)8-13)17(25)11-24-19(26)22(23-20(24)27)10-14(2)9-21(5,6)12-22/h7-8,14H,9-12H2,1-6H3,(H,23,27)/t14-,22+/m1/s1. The number of carbonyl (C=O) groups is 3. The molecule has 1 aromatic carbocycles. The van der Waals surface area contributed by atoms with Gasteiger partial charge in [-0.3, -0.25) is 14.5 Å². The summed E-state index contributed by atoms with van der Waals surface area (Å²) >= 11 is 0. The van der Waals surface area contributed by atoms with Crippen LogP contribution in [0.3, 0.4) is 0 Å². The summed E-state index contributed by atoms with van der Waals surface area (Å²) in [6.45, 7) is 12.0. The minimum atomic E-state index is -0.865. The quantitative estimate of drug-likeness (QED) is 0.647. The van der Waals surface area contributed by atoms with Gasteiger partial charge in [-0.2, -0.15) is 0 Å². The molecule has 2 atom stereocenters. The summed E-state index contributed by atoms with van der Waals surface area (Å²) in [4.78, 5) is 39.9. The SMILES string of the molecule is Cc1cc(C)c(C(=O)CN2C(=O)N[C@]3(C[C@H](C)CC(C)(C)C3)C2=O)c(C)c1. The van der Waals surface area contributed by atoms with E-state index in [1.165, 1.54) is 0 Å². The highest BCUT2D eigenvalue weighted by Gasteiger charge is 2.56. The van der Waals surface area contributed by atoms with Crippen molar-refractivity contribution in [3.8, 4) is 0 Å². The molecule has 1 aromatic rings.